The van der Waals surface area contributed by atoms with Gasteiger partial charge in [-0.2, -0.15) is 36.2 Å². The molecule has 0 spiro atoms. The van der Waals surface area contributed by atoms with Crippen molar-refractivity contribution in [3.8, 4) is 0 Å². The number of benzene rings is 3. The molecule has 0 radical (unpaired) electrons. The van der Waals surface area contributed by atoms with Crippen molar-refractivity contribution < 1.29 is 43.2 Å². The second kappa shape index (κ2) is 33.3. The van der Waals surface area contributed by atoms with Crippen LogP contribution in [-0.2, 0) is 67.5 Å². The number of carbonyl (C=O) groups is 9. The second-order valence-corrected chi connectivity index (χ2v) is 21.9. The summed E-state index contributed by atoms with van der Waals surface area (Å²) in [5, 5.41) is 19.2. The van der Waals surface area contributed by atoms with E-state index in [0.29, 0.717) is 29.1 Å². The summed E-state index contributed by atoms with van der Waals surface area (Å²) in [5.74, 6) is -6.12. The number of nitrogens with two attached hydrogens (primary N) is 5. The van der Waals surface area contributed by atoms with E-state index in [4.69, 9.17) is 28.7 Å². The van der Waals surface area contributed by atoms with Crippen molar-refractivity contribution in [1.29, 1.82) is 0 Å². The summed E-state index contributed by atoms with van der Waals surface area (Å²) in [6.07, 6.45) is 0.903. The maximum atomic E-state index is 14.8. The Hall–Kier alpha value is -7.52. The highest BCUT2D eigenvalue weighted by Crippen LogP contribution is 2.24. The van der Waals surface area contributed by atoms with Gasteiger partial charge in [0.25, 0.3) is 0 Å². The van der Waals surface area contributed by atoms with Crippen LogP contribution in [0.15, 0.2) is 94.9 Å². The maximum absolute atomic E-state index is 14.8. The standard InChI is InChI=1S/C54H75N15O9S3/c1-32(70)62-43-31-81-29-36-18-9-8-17-35(36)28-80-30-42(45(55)71)68-48(74)39(25-33-13-4-2-5-14-33)65-46(72)37(19-10-22-60-53(56)57)63-49(75)41(27-79)67-47(73)38(20-11-23-61-54(58)59)64-51(77)44-21-12-24-69(44)52(78)40(66-50(43)76)26-34-15-6-3-7-16-34/h2-9,13-18,37-44,79H,10-12,19-31H2,1H3,(H2,55,71)(H,62,70)(H,63,75)(H,64,77)(H,65,72)(H,66,76)(H,67,73)(H,68,74)(H4,56,57,60)(H4,58,59,61)/t37-,38-,39-,40-,41-,42-,43-,44-/m0/s1. The lowest BCUT2D eigenvalue weighted by molar-refractivity contribution is -0.142. The van der Waals surface area contributed by atoms with Crippen molar-refractivity contribution in [3.05, 3.63) is 107 Å². The summed E-state index contributed by atoms with van der Waals surface area (Å²) in [6.45, 7) is 1.56. The van der Waals surface area contributed by atoms with E-state index in [9.17, 15) is 43.2 Å². The predicted molar refractivity (Wildman–Crippen MR) is 316 cm³/mol. The molecule has 2 aliphatic rings. The Morgan fingerprint density at radius 1 is 0.593 bits per heavy atom. The van der Waals surface area contributed by atoms with Crippen molar-refractivity contribution in [3.63, 3.8) is 0 Å². The zero-order valence-electron chi connectivity index (χ0n) is 45.2. The van der Waals surface area contributed by atoms with E-state index < -0.39 is 101 Å². The van der Waals surface area contributed by atoms with Crippen LogP contribution in [0, 0.1) is 0 Å². The Labute approximate surface area is 485 Å². The van der Waals surface area contributed by atoms with Crippen LogP contribution in [0.4, 0.5) is 0 Å². The summed E-state index contributed by atoms with van der Waals surface area (Å²) in [5.41, 5.74) is 31.3. The van der Waals surface area contributed by atoms with Gasteiger partial charge in [0.05, 0.1) is 0 Å². The van der Waals surface area contributed by atoms with Gasteiger partial charge in [-0.15, -0.1) is 0 Å². The lowest BCUT2D eigenvalue weighted by Crippen LogP contribution is -2.60. The van der Waals surface area contributed by atoms with E-state index >= 15 is 0 Å². The van der Waals surface area contributed by atoms with E-state index in [2.05, 4.69) is 59.8 Å². The zero-order chi connectivity index (χ0) is 58.8. The first kappa shape index (κ1) is 64.3. The molecule has 0 aliphatic carbocycles. The molecule has 27 heteroatoms. The molecular formula is C54H75N15O9S3. The number of thioether (sulfide) groups is 2. The average molecular weight is 1170 g/mol. The number of amides is 9. The number of rotatable bonds is 15. The fourth-order valence-corrected chi connectivity index (χ4v) is 11.5. The molecule has 81 heavy (non-hydrogen) atoms. The molecular weight excluding hydrogens is 1100 g/mol. The summed E-state index contributed by atoms with van der Waals surface area (Å²) in [4.78, 5) is 136. The zero-order valence-corrected chi connectivity index (χ0v) is 47.7. The first-order valence-electron chi connectivity index (χ1n) is 26.5. The number of nitrogens with one attached hydrogen (secondary N) is 7. The molecule has 1 saturated heterocycles. The fraction of sp³-hybridized carbons (Fsp3) is 0.463. The average Bonchev–Trinajstić information content (AvgIpc) is 3.95. The Morgan fingerprint density at radius 3 is 1.57 bits per heavy atom. The third-order valence-corrected chi connectivity index (χ3v) is 15.7. The number of thiol groups is 1. The van der Waals surface area contributed by atoms with Gasteiger partial charge in [-0.25, -0.2) is 0 Å². The van der Waals surface area contributed by atoms with Gasteiger partial charge in [0, 0.05) is 68.2 Å². The number of carbonyl (C=O) groups excluding carboxylic acids is 9. The summed E-state index contributed by atoms with van der Waals surface area (Å²) in [6, 6.07) is 15.4. The molecule has 438 valence electrons. The molecule has 0 bridgehead atoms. The maximum Gasteiger partial charge on any atom is 0.246 e. The minimum absolute atomic E-state index is 0.0339. The van der Waals surface area contributed by atoms with Crippen LogP contribution in [0.25, 0.3) is 0 Å². The van der Waals surface area contributed by atoms with Gasteiger partial charge >= 0.3 is 0 Å². The number of aliphatic imine (C=N–C) groups is 2. The van der Waals surface area contributed by atoms with Gasteiger partial charge in [0.15, 0.2) is 11.9 Å². The van der Waals surface area contributed by atoms with Crippen LogP contribution in [-0.4, -0.2) is 155 Å². The van der Waals surface area contributed by atoms with Gasteiger partial charge in [0.2, 0.25) is 53.2 Å². The summed E-state index contributed by atoms with van der Waals surface area (Å²) >= 11 is 7.07. The molecule has 0 aromatic heterocycles. The first-order valence-corrected chi connectivity index (χ1v) is 29.5. The van der Waals surface area contributed by atoms with Crippen molar-refractivity contribution in [2.75, 3.05) is 36.9 Å². The Kier molecular flexibility index (Phi) is 26.4. The van der Waals surface area contributed by atoms with Crippen molar-refractivity contribution in [2.24, 2.45) is 38.7 Å². The van der Waals surface area contributed by atoms with E-state index in [1.54, 1.807) is 54.6 Å². The van der Waals surface area contributed by atoms with Gasteiger partial charge in [-0.3, -0.25) is 53.1 Å². The van der Waals surface area contributed by atoms with E-state index in [0.717, 1.165) is 11.1 Å². The molecule has 24 nitrogen and oxygen atoms in total. The normalized spacial score (nSPS) is 23.3. The number of hydrogen-bond donors (Lipinski definition) is 13. The second-order valence-electron chi connectivity index (χ2n) is 19.5. The van der Waals surface area contributed by atoms with Crippen molar-refractivity contribution in [2.45, 2.75) is 118 Å². The highest BCUT2D eigenvalue weighted by atomic mass is 32.2. The molecule has 2 heterocycles. The Balaban J connectivity index is 1.53. The highest BCUT2D eigenvalue weighted by Gasteiger charge is 2.40. The number of primary amides is 1. The van der Waals surface area contributed by atoms with E-state index in [1.165, 1.54) is 35.3 Å². The molecule has 0 saturated carbocycles. The minimum atomic E-state index is -1.40. The molecule has 3 aromatic carbocycles. The van der Waals surface area contributed by atoms with Gasteiger partial charge in [-0.05, 0) is 60.8 Å². The smallest absolute Gasteiger partial charge is 0.246 e. The Bertz CT molecular complexity index is 2700. The monoisotopic (exact) mass is 1170 g/mol. The van der Waals surface area contributed by atoms with Crippen molar-refractivity contribution in [1.82, 2.24) is 42.1 Å². The molecule has 2 aliphatic heterocycles. The SMILES string of the molecule is CC(=O)N[C@H]1CSCc2ccccc2CSC[C@@H](C(N)=O)NC(=O)[C@H](Cc2ccccc2)NC(=O)[C@H](CCCN=C(N)N)NC(=O)[C@H](CS)NC(=O)[C@H](CCCN=C(N)N)NC(=O)[C@@H]2CCCN2C(=O)[C@H](Cc2ccccc2)NC1=O. The molecule has 9 amide bonds. The van der Waals surface area contributed by atoms with E-state index in [1.807, 2.05) is 30.3 Å². The van der Waals surface area contributed by atoms with Gasteiger partial charge < -0.3 is 70.8 Å². The van der Waals surface area contributed by atoms with Crippen molar-refractivity contribution >= 4 is 101 Å². The van der Waals surface area contributed by atoms with Gasteiger partial charge in [-0.1, -0.05) is 84.9 Å². The van der Waals surface area contributed by atoms with Crippen LogP contribution in [0.5, 0.6) is 0 Å². The number of fused-ring (bicyclic) bond motifs is 2. The van der Waals surface area contributed by atoms with Crippen LogP contribution in [0.2, 0.25) is 0 Å². The van der Waals surface area contributed by atoms with Crippen LogP contribution >= 0.6 is 36.2 Å². The molecule has 3 aromatic rings. The largest absolute Gasteiger partial charge is 0.370 e. The molecule has 8 atom stereocenters. The third kappa shape index (κ3) is 21.5. The number of hydrogen-bond acceptors (Lipinski definition) is 14. The van der Waals surface area contributed by atoms with Crippen LogP contribution in [0.3, 0.4) is 0 Å². The molecule has 17 N–H and O–H groups in total. The van der Waals surface area contributed by atoms with Crippen LogP contribution < -0.4 is 65.9 Å². The molecule has 1 fully saturated rings. The quantitative estimate of drug-likeness (QED) is 0.0360. The predicted octanol–water partition coefficient (Wildman–Crippen LogP) is -1.42. The minimum Gasteiger partial charge on any atom is -0.370 e. The number of nitrogens with zero attached hydrogens (tertiary/aromatic N) is 3. The third-order valence-electron chi connectivity index (χ3n) is 13.2. The highest BCUT2D eigenvalue weighted by molar-refractivity contribution is 7.99. The molecule has 5 rings (SSSR count). The lowest BCUT2D eigenvalue weighted by Gasteiger charge is -2.31. The van der Waals surface area contributed by atoms with Crippen LogP contribution in [0.1, 0.15) is 67.7 Å². The molecule has 0 unspecified atom stereocenters. The topological polar surface area (TPSA) is 396 Å². The first-order chi connectivity index (χ1) is 38.8. The lowest BCUT2D eigenvalue weighted by atomic mass is 10.0. The van der Waals surface area contributed by atoms with E-state index in [-0.39, 0.29) is 93.8 Å². The summed E-state index contributed by atoms with van der Waals surface area (Å²) in [7, 11) is 0. The Morgan fingerprint density at radius 2 is 1.05 bits per heavy atom. The van der Waals surface area contributed by atoms with Gasteiger partial charge in [0.1, 0.15) is 48.3 Å². The number of guanidine groups is 2. The summed E-state index contributed by atoms with van der Waals surface area (Å²) < 4.78 is 0. The fourth-order valence-electron chi connectivity index (χ4n) is 9.02.